The fourth-order valence-electron chi connectivity index (χ4n) is 1.69. The largest absolute Gasteiger partial charge is 0.322 e. The predicted molar refractivity (Wildman–Crippen MR) is 73.9 cm³/mol. The number of pyridine rings is 1. The van der Waals surface area contributed by atoms with E-state index in [4.69, 9.17) is 17.3 Å². The lowest BCUT2D eigenvalue weighted by molar-refractivity contribution is 0.533. The summed E-state index contributed by atoms with van der Waals surface area (Å²) in [7, 11) is 0. The van der Waals surface area contributed by atoms with Crippen molar-refractivity contribution in [3.63, 3.8) is 0 Å². The van der Waals surface area contributed by atoms with Crippen molar-refractivity contribution in [1.29, 1.82) is 0 Å². The van der Waals surface area contributed by atoms with Crippen molar-refractivity contribution < 1.29 is 8.78 Å². The highest BCUT2D eigenvalue weighted by atomic mass is 79.9. The summed E-state index contributed by atoms with van der Waals surface area (Å²) in [6.45, 7) is 0. The standard InChI is InChI=1S/C13H10BrClF2N2/c14-9-2-3-10(16)8(13(9)17)5-11(18)12-4-1-7(15)6-19-12/h1-4,6,11H,5,18H2. The Kier molecular flexibility index (Phi) is 4.50. The van der Waals surface area contributed by atoms with E-state index < -0.39 is 17.7 Å². The molecule has 0 fully saturated rings. The number of nitrogens with zero attached hydrogens (tertiary/aromatic N) is 1. The summed E-state index contributed by atoms with van der Waals surface area (Å²) in [6, 6.07) is 5.19. The molecule has 2 rings (SSSR count). The third-order valence-electron chi connectivity index (χ3n) is 2.69. The van der Waals surface area contributed by atoms with Gasteiger partial charge in [-0.05, 0) is 46.6 Å². The molecule has 0 spiro atoms. The van der Waals surface area contributed by atoms with Gasteiger partial charge in [-0.25, -0.2) is 8.78 Å². The smallest absolute Gasteiger partial charge is 0.143 e. The molecule has 2 N–H and O–H groups in total. The molecule has 6 heteroatoms. The van der Waals surface area contributed by atoms with E-state index in [0.717, 1.165) is 0 Å². The number of rotatable bonds is 3. The molecule has 0 aliphatic carbocycles. The molecular formula is C13H10BrClF2N2. The molecule has 1 aromatic carbocycles. The number of nitrogens with two attached hydrogens (primary N) is 1. The van der Waals surface area contributed by atoms with Crippen molar-refractivity contribution in [3.05, 3.63) is 62.8 Å². The molecule has 0 amide bonds. The molecule has 1 atom stereocenters. The lowest BCUT2D eigenvalue weighted by Gasteiger charge is -2.13. The number of benzene rings is 1. The van der Waals surface area contributed by atoms with Gasteiger partial charge in [0, 0.05) is 11.8 Å². The Morgan fingerprint density at radius 3 is 2.63 bits per heavy atom. The second-order valence-electron chi connectivity index (χ2n) is 4.03. The van der Waals surface area contributed by atoms with Crippen molar-refractivity contribution in [2.24, 2.45) is 5.73 Å². The molecular weight excluding hydrogens is 338 g/mol. The van der Waals surface area contributed by atoms with Crippen LogP contribution >= 0.6 is 27.5 Å². The first-order valence-electron chi connectivity index (χ1n) is 5.48. The van der Waals surface area contributed by atoms with Crippen LogP contribution in [-0.2, 0) is 6.42 Å². The second-order valence-corrected chi connectivity index (χ2v) is 5.32. The molecule has 2 nitrogen and oxygen atoms in total. The van der Waals surface area contributed by atoms with E-state index in [0.29, 0.717) is 10.7 Å². The Balaban J connectivity index is 2.26. The van der Waals surface area contributed by atoms with Crippen molar-refractivity contribution >= 4 is 27.5 Å². The Morgan fingerprint density at radius 2 is 2.00 bits per heavy atom. The van der Waals surface area contributed by atoms with Crippen LogP contribution in [-0.4, -0.2) is 4.98 Å². The predicted octanol–water partition coefficient (Wildman–Crippen LogP) is 4.02. The number of hydrogen-bond donors (Lipinski definition) is 1. The summed E-state index contributed by atoms with van der Waals surface area (Å²) in [5, 5.41) is 0.482. The monoisotopic (exact) mass is 346 g/mol. The van der Waals surface area contributed by atoms with E-state index in [2.05, 4.69) is 20.9 Å². The van der Waals surface area contributed by atoms with Crippen LogP contribution in [0.1, 0.15) is 17.3 Å². The van der Waals surface area contributed by atoms with Crippen molar-refractivity contribution in [3.8, 4) is 0 Å². The minimum atomic E-state index is -0.635. The maximum Gasteiger partial charge on any atom is 0.143 e. The number of halogens is 4. The first-order chi connectivity index (χ1) is 8.99. The lowest BCUT2D eigenvalue weighted by Crippen LogP contribution is -2.16. The summed E-state index contributed by atoms with van der Waals surface area (Å²) in [5.74, 6) is -1.26. The van der Waals surface area contributed by atoms with Crippen LogP contribution in [0.4, 0.5) is 8.78 Å². The molecule has 1 aromatic heterocycles. The minimum Gasteiger partial charge on any atom is -0.322 e. The minimum absolute atomic E-state index is 0.0196. The maximum absolute atomic E-state index is 13.8. The molecule has 0 aliphatic rings. The zero-order chi connectivity index (χ0) is 14.0. The highest BCUT2D eigenvalue weighted by Crippen LogP contribution is 2.25. The molecule has 1 unspecified atom stereocenters. The van der Waals surface area contributed by atoms with Gasteiger partial charge in [0.2, 0.25) is 0 Å². The van der Waals surface area contributed by atoms with Gasteiger partial charge in [-0.2, -0.15) is 0 Å². The van der Waals surface area contributed by atoms with E-state index in [1.165, 1.54) is 18.3 Å². The van der Waals surface area contributed by atoms with E-state index in [1.807, 2.05) is 0 Å². The fraction of sp³-hybridized carbons (Fsp3) is 0.154. The number of hydrogen-bond acceptors (Lipinski definition) is 2. The topological polar surface area (TPSA) is 38.9 Å². The maximum atomic E-state index is 13.8. The van der Waals surface area contributed by atoms with Crippen LogP contribution < -0.4 is 5.73 Å². The molecule has 100 valence electrons. The zero-order valence-electron chi connectivity index (χ0n) is 9.71. The summed E-state index contributed by atoms with van der Waals surface area (Å²) in [4.78, 5) is 4.04. The van der Waals surface area contributed by atoms with Gasteiger partial charge in [-0.3, -0.25) is 4.98 Å². The summed E-state index contributed by atoms with van der Waals surface area (Å²) < 4.78 is 27.6. The SMILES string of the molecule is NC(Cc1c(F)ccc(Br)c1F)c1ccc(Cl)cn1. The van der Waals surface area contributed by atoms with Crippen LogP contribution in [0.15, 0.2) is 34.9 Å². The van der Waals surface area contributed by atoms with Crippen LogP contribution in [0.5, 0.6) is 0 Å². The fourth-order valence-corrected chi connectivity index (χ4v) is 2.17. The van der Waals surface area contributed by atoms with Gasteiger partial charge < -0.3 is 5.73 Å². The van der Waals surface area contributed by atoms with E-state index >= 15 is 0 Å². The number of aromatic nitrogens is 1. The van der Waals surface area contributed by atoms with Gasteiger partial charge >= 0.3 is 0 Å². The van der Waals surface area contributed by atoms with E-state index in [1.54, 1.807) is 12.1 Å². The molecule has 0 saturated carbocycles. The third-order valence-corrected chi connectivity index (χ3v) is 3.53. The lowest BCUT2D eigenvalue weighted by atomic mass is 10.0. The molecule has 1 heterocycles. The van der Waals surface area contributed by atoms with Crippen molar-refractivity contribution in [2.75, 3.05) is 0 Å². The van der Waals surface area contributed by atoms with Crippen LogP contribution in [0, 0.1) is 11.6 Å². The van der Waals surface area contributed by atoms with Gasteiger partial charge in [0.25, 0.3) is 0 Å². The molecule has 0 aliphatic heterocycles. The first-order valence-corrected chi connectivity index (χ1v) is 6.65. The van der Waals surface area contributed by atoms with Gasteiger partial charge in [0.15, 0.2) is 0 Å². The molecule has 0 radical (unpaired) electrons. The van der Waals surface area contributed by atoms with E-state index in [9.17, 15) is 8.78 Å². The van der Waals surface area contributed by atoms with Gasteiger partial charge in [0.05, 0.1) is 21.2 Å². The van der Waals surface area contributed by atoms with Crippen LogP contribution in [0.3, 0.4) is 0 Å². The van der Waals surface area contributed by atoms with E-state index in [-0.39, 0.29) is 16.5 Å². The second kappa shape index (κ2) is 5.94. The Morgan fingerprint density at radius 1 is 1.26 bits per heavy atom. The molecule has 2 aromatic rings. The Bertz CT molecular complexity index is 590. The average molecular weight is 348 g/mol. The molecule has 0 saturated heterocycles. The first kappa shape index (κ1) is 14.4. The average Bonchev–Trinajstić information content (AvgIpc) is 2.40. The summed E-state index contributed by atoms with van der Waals surface area (Å²) in [6.07, 6.45) is 1.47. The Labute approximate surface area is 122 Å². The van der Waals surface area contributed by atoms with Gasteiger partial charge in [-0.1, -0.05) is 11.6 Å². The van der Waals surface area contributed by atoms with Gasteiger partial charge in [0.1, 0.15) is 11.6 Å². The van der Waals surface area contributed by atoms with Crippen molar-refractivity contribution in [2.45, 2.75) is 12.5 Å². The van der Waals surface area contributed by atoms with Crippen LogP contribution in [0.25, 0.3) is 0 Å². The Hall–Kier alpha value is -1.04. The third kappa shape index (κ3) is 3.29. The van der Waals surface area contributed by atoms with Crippen LogP contribution in [0.2, 0.25) is 5.02 Å². The quantitative estimate of drug-likeness (QED) is 0.852. The normalized spacial score (nSPS) is 12.5. The summed E-state index contributed by atoms with van der Waals surface area (Å²) >= 11 is 8.74. The summed E-state index contributed by atoms with van der Waals surface area (Å²) in [5.41, 5.74) is 6.38. The zero-order valence-corrected chi connectivity index (χ0v) is 12.0. The van der Waals surface area contributed by atoms with Crippen molar-refractivity contribution in [1.82, 2.24) is 4.98 Å². The molecule has 19 heavy (non-hydrogen) atoms. The van der Waals surface area contributed by atoms with Gasteiger partial charge in [-0.15, -0.1) is 0 Å². The highest BCUT2D eigenvalue weighted by Gasteiger charge is 2.17. The highest BCUT2D eigenvalue weighted by molar-refractivity contribution is 9.10. The molecule has 0 bridgehead atoms.